The fourth-order valence-corrected chi connectivity index (χ4v) is 5.49. The van der Waals surface area contributed by atoms with E-state index in [2.05, 4.69) is 10.6 Å². The zero-order valence-electron chi connectivity index (χ0n) is 27.9. The van der Waals surface area contributed by atoms with Crippen molar-refractivity contribution < 1.29 is 29.1 Å². The summed E-state index contributed by atoms with van der Waals surface area (Å²) in [4.78, 5) is 70.4. The van der Waals surface area contributed by atoms with Crippen molar-refractivity contribution >= 4 is 29.6 Å². The van der Waals surface area contributed by atoms with Crippen LogP contribution in [0.1, 0.15) is 71.9 Å². The Morgan fingerprint density at radius 1 is 1.05 bits per heavy atom. The van der Waals surface area contributed by atoms with Gasteiger partial charge in [0, 0.05) is 26.6 Å². The number of carbonyl (C=O) groups is 5. The van der Waals surface area contributed by atoms with Gasteiger partial charge in [0.2, 0.25) is 23.6 Å². The lowest BCUT2D eigenvalue weighted by atomic mass is 9.95. The van der Waals surface area contributed by atoms with Crippen LogP contribution in [0.25, 0.3) is 0 Å². The van der Waals surface area contributed by atoms with Crippen molar-refractivity contribution in [2.45, 2.75) is 104 Å². The van der Waals surface area contributed by atoms with Gasteiger partial charge in [0.1, 0.15) is 24.2 Å². The summed E-state index contributed by atoms with van der Waals surface area (Å²) < 4.78 is 0. The molecule has 0 aromatic heterocycles. The van der Waals surface area contributed by atoms with E-state index in [-0.39, 0.29) is 36.6 Å². The maximum Gasteiger partial charge on any atom is 0.326 e. The monoisotopic (exact) mass is 615 g/mol. The third-order valence-electron chi connectivity index (χ3n) is 8.86. The Morgan fingerprint density at radius 3 is 2.11 bits per heavy atom. The number of rotatable bonds is 16. The van der Waals surface area contributed by atoms with Crippen molar-refractivity contribution in [2.24, 2.45) is 11.8 Å². The van der Waals surface area contributed by atoms with E-state index in [4.69, 9.17) is 0 Å². The molecule has 6 atom stereocenters. The Kier molecular flexibility index (Phi) is 13.8. The van der Waals surface area contributed by atoms with Crippen LogP contribution in [0.4, 0.5) is 0 Å². The second-order valence-electron chi connectivity index (χ2n) is 12.5. The van der Waals surface area contributed by atoms with Gasteiger partial charge in [-0.25, -0.2) is 4.79 Å². The van der Waals surface area contributed by atoms with Gasteiger partial charge in [-0.05, 0) is 58.1 Å². The number of likely N-dealkylation sites (N-methyl/N-ethyl adjacent to an activating group) is 3. The highest BCUT2D eigenvalue weighted by molar-refractivity contribution is 5.96. The van der Waals surface area contributed by atoms with Gasteiger partial charge < -0.3 is 30.4 Å². The Morgan fingerprint density at radius 2 is 1.66 bits per heavy atom. The largest absolute Gasteiger partial charge is 0.480 e. The number of carbonyl (C=O) groups excluding carboxylic acids is 4. The van der Waals surface area contributed by atoms with E-state index >= 15 is 0 Å². The summed E-state index contributed by atoms with van der Waals surface area (Å²) in [5.74, 6) is -2.46. The molecule has 1 fully saturated rings. The second kappa shape index (κ2) is 16.6. The standard InChI is InChI=1S/C33H53N5O6/c1-10-22(6)28(35-29(39)25(34-8)18-20(3)4)32(42)36(9)23(7)30(40)38-17-16-26(38)31(41)37(11-2)27(33(43)44)19-24-14-12-21(5)13-15-24/h12-15,20,22-23,25-28,34H,10-11,16-19H2,1-9H3,(H,35,39)(H,43,44)/t22-,23-,25-,26-,27-,28-/m0/s1. The number of amides is 4. The Bertz CT molecular complexity index is 1160. The molecule has 1 saturated heterocycles. The number of likely N-dealkylation sites (tertiary alicyclic amines) is 1. The van der Waals surface area contributed by atoms with Crippen LogP contribution in [0.2, 0.25) is 0 Å². The maximum atomic E-state index is 13.7. The van der Waals surface area contributed by atoms with Gasteiger partial charge in [0.15, 0.2) is 0 Å². The summed E-state index contributed by atoms with van der Waals surface area (Å²) in [5, 5.41) is 16.0. The number of aliphatic carboxylic acids is 1. The molecule has 0 bridgehead atoms. The van der Waals surface area contributed by atoms with E-state index in [1.807, 2.05) is 58.9 Å². The smallest absolute Gasteiger partial charge is 0.326 e. The van der Waals surface area contributed by atoms with Crippen LogP contribution in [0, 0.1) is 18.8 Å². The average Bonchev–Trinajstić information content (AvgIpc) is 2.96. The van der Waals surface area contributed by atoms with Gasteiger partial charge in [-0.3, -0.25) is 19.2 Å². The first-order chi connectivity index (χ1) is 20.7. The summed E-state index contributed by atoms with van der Waals surface area (Å²) in [5.41, 5.74) is 1.86. The molecule has 0 radical (unpaired) electrons. The third kappa shape index (κ3) is 9.03. The highest BCUT2D eigenvalue weighted by Crippen LogP contribution is 2.24. The molecular formula is C33H53N5O6. The molecule has 0 unspecified atom stereocenters. The van der Waals surface area contributed by atoms with Crippen LogP contribution in [0.15, 0.2) is 24.3 Å². The lowest BCUT2D eigenvalue weighted by Crippen LogP contribution is -2.65. The molecule has 2 rings (SSSR count). The van der Waals surface area contributed by atoms with Crippen LogP contribution < -0.4 is 10.6 Å². The summed E-state index contributed by atoms with van der Waals surface area (Å²) in [6.45, 7) is 13.7. The van der Waals surface area contributed by atoms with Crippen LogP contribution in [-0.2, 0) is 30.4 Å². The zero-order valence-corrected chi connectivity index (χ0v) is 27.9. The fourth-order valence-electron chi connectivity index (χ4n) is 5.49. The summed E-state index contributed by atoms with van der Waals surface area (Å²) >= 11 is 0. The van der Waals surface area contributed by atoms with E-state index in [0.29, 0.717) is 25.8 Å². The quantitative estimate of drug-likeness (QED) is 0.260. The molecule has 3 N–H and O–H groups in total. The van der Waals surface area contributed by atoms with Gasteiger partial charge >= 0.3 is 5.97 Å². The molecule has 44 heavy (non-hydrogen) atoms. The summed E-state index contributed by atoms with van der Waals surface area (Å²) in [6, 6.07) is 3.48. The molecule has 4 amide bonds. The third-order valence-corrected chi connectivity index (χ3v) is 8.86. The molecule has 11 nitrogen and oxygen atoms in total. The van der Waals surface area contributed by atoms with Gasteiger partial charge in [0.05, 0.1) is 6.04 Å². The minimum absolute atomic E-state index is 0.151. The number of aryl methyl sites for hydroxylation is 1. The predicted octanol–water partition coefficient (Wildman–Crippen LogP) is 2.45. The van der Waals surface area contributed by atoms with Crippen molar-refractivity contribution in [3.8, 4) is 0 Å². The van der Waals surface area contributed by atoms with Gasteiger partial charge in [-0.15, -0.1) is 0 Å². The molecular weight excluding hydrogens is 562 g/mol. The molecule has 1 aromatic rings. The van der Waals surface area contributed by atoms with Crippen molar-refractivity contribution in [1.29, 1.82) is 0 Å². The molecule has 246 valence electrons. The molecule has 1 aliphatic heterocycles. The minimum atomic E-state index is -1.11. The Balaban J connectivity index is 2.18. The van der Waals surface area contributed by atoms with Gasteiger partial charge in [0.25, 0.3) is 0 Å². The number of hydrogen-bond donors (Lipinski definition) is 3. The van der Waals surface area contributed by atoms with E-state index in [1.165, 1.54) is 21.7 Å². The van der Waals surface area contributed by atoms with Crippen molar-refractivity contribution in [1.82, 2.24) is 25.3 Å². The first-order valence-corrected chi connectivity index (χ1v) is 15.8. The van der Waals surface area contributed by atoms with E-state index < -0.39 is 48.0 Å². The lowest BCUT2D eigenvalue weighted by molar-refractivity contribution is -0.162. The van der Waals surface area contributed by atoms with Crippen LogP contribution in [0.3, 0.4) is 0 Å². The molecule has 1 aliphatic rings. The summed E-state index contributed by atoms with van der Waals surface area (Å²) in [6.07, 6.45) is 1.82. The maximum absolute atomic E-state index is 13.7. The highest BCUT2D eigenvalue weighted by atomic mass is 16.4. The number of benzene rings is 1. The van der Waals surface area contributed by atoms with Crippen LogP contribution in [0.5, 0.6) is 0 Å². The first-order valence-electron chi connectivity index (χ1n) is 15.8. The highest BCUT2D eigenvalue weighted by Gasteiger charge is 2.45. The topological polar surface area (TPSA) is 139 Å². The van der Waals surface area contributed by atoms with Crippen LogP contribution in [-0.4, -0.2) is 107 Å². The van der Waals surface area contributed by atoms with Crippen LogP contribution >= 0.6 is 0 Å². The molecule has 0 spiro atoms. The normalized spacial score (nSPS) is 18.0. The second-order valence-corrected chi connectivity index (χ2v) is 12.5. The Hall–Kier alpha value is -3.47. The number of carboxylic acid groups (broad SMARTS) is 1. The first kappa shape index (κ1) is 36.7. The minimum Gasteiger partial charge on any atom is -0.480 e. The van der Waals surface area contributed by atoms with Crippen molar-refractivity contribution in [2.75, 3.05) is 27.2 Å². The van der Waals surface area contributed by atoms with Gasteiger partial charge in [-0.2, -0.15) is 0 Å². The lowest BCUT2D eigenvalue weighted by Gasteiger charge is -2.45. The number of hydrogen-bond acceptors (Lipinski definition) is 6. The molecule has 11 heteroatoms. The fraction of sp³-hybridized carbons (Fsp3) is 0.667. The molecule has 1 aromatic carbocycles. The van der Waals surface area contributed by atoms with Crippen molar-refractivity contribution in [3.05, 3.63) is 35.4 Å². The summed E-state index contributed by atoms with van der Waals surface area (Å²) in [7, 11) is 3.25. The number of carboxylic acids is 1. The van der Waals surface area contributed by atoms with Gasteiger partial charge in [-0.1, -0.05) is 63.9 Å². The Labute approximate surface area is 262 Å². The zero-order chi connectivity index (χ0) is 33.3. The average molecular weight is 616 g/mol. The molecule has 0 aliphatic carbocycles. The van der Waals surface area contributed by atoms with E-state index in [9.17, 15) is 29.1 Å². The predicted molar refractivity (Wildman–Crippen MR) is 170 cm³/mol. The molecule has 0 saturated carbocycles. The molecule has 1 heterocycles. The van der Waals surface area contributed by atoms with E-state index in [0.717, 1.165) is 11.1 Å². The SMILES string of the molecule is CC[C@H](C)[C@H](NC(=O)[C@H](CC(C)C)NC)C(=O)N(C)[C@@H](C)C(=O)N1CC[C@H]1C(=O)N(CC)[C@@H](Cc1ccc(C)cc1)C(=O)O. The van der Waals surface area contributed by atoms with Crippen molar-refractivity contribution in [3.63, 3.8) is 0 Å². The number of nitrogens with zero attached hydrogens (tertiary/aromatic N) is 3. The number of nitrogens with one attached hydrogen (secondary N) is 2. The van der Waals surface area contributed by atoms with E-state index in [1.54, 1.807) is 20.9 Å².